The molecule has 3 rings (SSSR count). The maximum Gasteiger partial charge on any atom is 0.329 e. The highest BCUT2D eigenvalue weighted by atomic mass is 127. The molecule has 0 unspecified atom stereocenters. The number of halogens is 1. The van der Waals surface area contributed by atoms with E-state index in [0.29, 0.717) is 32.9 Å². The molecule has 2 aromatic carbocycles. The van der Waals surface area contributed by atoms with E-state index < -0.39 is 11.8 Å². The minimum absolute atomic E-state index is 0.0563. The molecule has 1 fully saturated rings. The Labute approximate surface area is 216 Å². The molecule has 3 N–H and O–H groups in total. The average Bonchev–Trinajstić information content (AvgIpc) is 3.36. The molecule has 0 saturated carbocycles. The van der Waals surface area contributed by atoms with E-state index in [2.05, 4.69) is 43.8 Å². The summed E-state index contributed by atoms with van der Waals surface area (Å²) >= 11 is 2.05. The lowest BCUT2D eigenvalue weighted by Gasteiger charge is -2.13. The van der Waals surface area contributed by atoms with Crippen LogP contribution < -0.4 is 25.5 Å². The van der Waals surface area contributed by atoms with Crippen molar-refractivity contribution in [1.29, 1.82) is 0 Å². The van der Waals surface area contributed by atoms with Gasteiger partial charge in [-0.25, -0.2) is 5.43 Å². The number of rotatable bonds is 9. The van der Waals surface area contributed by atoms with E-state index in [9.17, 15) is 14.4 Å². The fourth-order valence-corrected chi connectivity index (χ4v) is 4.02. The monoisotopic (exact) mass is 594 g/mol. The summed E-state index contributed by atoms with van der Waals surface area (Å²) in [6, 6.07) is 10.8. The Morgan fingerprint density at radius 3 is 2.66 bits per heavy atom. The molecule has 0 spiro atoms. The molecule has 0 bridgehead atoms. The molecule has 35 heavy (non-hydrogen) atoms. The van der Waals surface area contributed by atoms with Crippen molar-refractivity contribution in [2.45, 2.75) is 25.9 Å². The average molecular weight is 594 g/mol. The first kappa shape index (κ1) is 26.4. The minimum atomic E-state index is -0.875. The third kappa shape index (κ3) is 8.21. The molecular weight excluding hydrogens is 567 g/mol. The van der Waals surface area contributed by atoms with Crippen LogP contribution in [0.2, 0.25) is 0 Å². The number of methoxy groups -OCH3 is 1. The quantitative estimate of drug-likeness (QED) is 0.177. The van der Waals surface area contributed by atoms with Crippen molar-refractivity contribution in [3.63, 3.8) is 0 Å². The van der Waals surface area contributed by atoms with Gasteiger partial charge in [-0.1, -0.05) is 17.7 Å². The fraction of sp³-hybridized carbons (Fsp3) is 0.333. The zero-order valence-corrected chi connectivity index (χ0v) is 21.6. The van der Waals surface area contributed by atoms with Crippen LogP contribution >= 0.6 is 22.6 Å². The van der Waals surface area contributed by atoms with Gasteiger partial charge < -0.3 is 24.8 Å². The molecule has 1 saturated heterocycles. The van der Waals surface area contributed by atoms with Crippen LogP contribution in [-0.4, -0.2) is 56.9 Å². The number of hydrogen-bond donors (Lipinski definition) is 3. The number of carbonyl (C=O) groups is 3. The van der Waals surface area contributed by atoms with E-state index in [-0.39, 0.29) is 25.2 Å². The van der Waals surface area contributed by atoms with Crippen LogP contribution in [0.1, 0.15) is 24.0 Å². The second-order valence-corrected chi connectivity index (χ2v) is 8.94. The van der Waals surface area contributed by atoms with Gasteiger partial charge in [0.25, 0.3) is 5.91 Å². The van der Waals surface area contributed by atoms with Crippen molar-refractivity contribution < 1.29 is 28.6 Å². The number of hydrazone groups is 1. The lowest BCUT2D eigenvalue weighted by atomic mass is 10.2. The van der Waals surface area contributed by atoms with Gasteiger partial charge in [-0.2, -0.15) is 5.10 Å². The molecule has 1 aliphatic rings. The highest BCUT2D eigenvalue weighted by molar-refractivity contribution is 14.1. The van der Waals surface area contributed by atoms with Gasteiger partial charge in [-0.3, -0.25) is 14.4 Å². The predicted octanol–water partition coefficient (Wildman–Crippen LogP) is 2.37. The first-order valence-corrected chi connectivity index (χ1v) is 12.0. The SMILES string of the molecule is COc1cc(/C=N\NC(=O)C(=O)NC[C@@H]2CCCO2)cc(I)c1OCC(=O)Nc1ccc(C)cc1. The number of hydrogen-bond acceptors (Lipinski definition) is 7. The van der Waals surface area contributed by atoms with Crippen molar-refractivity contribution in [2.75, 3.05) is 32.2 Å². The molecule has 1 heterocycles. The van der Waals surface area contributed by atoms with E-state index in [1.165, 1.54) is 13.3 Å². The summed E-state index contributed by atoms with van der Waals surface area (Å²) in [5.41, 5.74) is 4.57. The Morgan fingerprint density at radius 2 is 1.97 bits per heavy atom. The number of aryl methyl sites for hydroxylation is 1. The van der Waals surface area contributed by atoms with Gasteiger partial charge >= 0.3 is 11.8 Å². The third-order valence-electron chi connectivity index (χ3n) is 5.03. The van der Waals surface area contributed by atoms with Crippen LogP contribution in [0.5, 0.6) is 11.5 Å². The third-order valence-corrected chi connectivity index (χ3v) is 5.84. The summed E-state index contributed by atoms with van der Waals surface area (Å²) in [4.78, 5) is 36.0. The highest BCUT2D eigenvalue weighted by Crippen LogP contribution is 2.33. The fourth-order valence-electron chi connectivity index (χ4n) is 3.23. The van der Waals surface area contributed by atoms with Crippen LogP contribution in [0.3, 0.4) is 0 Å². The number of benzene rings is 2. The molecule has 3 amide bonds. The van der Waals surface area contributed by atoms with Crippen molar-refractivity contribution in [3.05, 3.63) is 51.1 Å². The molecule has 0 aliphatic carbocycles. The van der Waals surface area contributed by atoms with Crippen LogP contribution in [-0.2, 0) is 19.1 Å². The maximum atomic E-state index is 12.2. The molecule has 1 aliphatic heterocycles. The molecular formula is C24H27IN4O6. The van der Waals surface area contributed by atoms with Gasteiger partial charge in [0.05, 0.1) is 23.0 Å². The van der Waals surface area contributed by atoms with Gasteiger partial charge in [0.15, 0.2) is 18.1 Å². The molecule has 10 nitrogen and oxygen atoms in total. The largest absolute Gasteiger partial charge is 0.493 e. The summed E-state index contributed by atoms with van der Waals surface area (Å²) < 4.78 is 17.2. The summed E-state index contributed by atoms with van der Waals surface area (Å²) in [5.74, 6) is -1.17. The lowest BCUT2D eigenvalue weighted by molar-refractivity contribution is -0.139. The maximum absolute atomic E-state index is 12.2. The first-order chi connectivity index (χ1) is 16.9. The van der Waals surface area contributed by atoms with Crippen LogP contribution in [0.15, 0.2) is 41.5 Å². The Morgan fingerprint density at radius 1 is 1.20 bits per heavy atom. The van der Waals surface area contributed by atoms with E-state index in [1.54, 1.807) is 12.1 Å². The molecule has 1 atom stereocenters. The van der Waals surface area contributed by atoms with Crippen molar-refractivity contribution in [1.82, 2.24) is 10.7 Å². The number of nitrogens with zero attached hydrogens (tertiary/aromatic N) is 1. The van der Waals surface area contributed by atoms with Gasteiger partial charge in [-0.05, 0) is 72.2 Å². The van der Waals surface area contributed by atoms with Gasteiger partial charge in [-0.15, -0.1) is 0 Å². The predicted molar refractivity (Wildman–Crippen MR) is 139 cm³/mol. The smallest absolute Gasteiger partial charge is 0.329 e. The number of amides is 3. The Balaban J connectivity index is 1.52. The van der Waals surface area contributed by atoms with E-state index in [0.717, 1.165) is 18.4 Å². The standard InChI is InChI=1S/C24H27IN4O6/c1-15-5-7-17(8-6-15)28-21(30)14-35-22-19(25)10-16(11-20(22)33-2)12-27-29-24(32)23(31)26-13-18-4-3-9-34-18/h5-8,10-12,18H,3-4,9,13-14H2,1-2H3,(H,26,31)(H,28,30)(H,29,32)/b27-12-/t18-/m0/s1. The first-order valence-electron chi connectivity index (χ1n) is 11.0. The van der Waals surface area contributed by atoms with Crippen molar-refractivity contribution in [3.8, 4) is 11.5 Å². The molecule has 2 aromatic rings. The summed E-state index contributed by atoms with van der Waals surface area (Å²) in [7, 11) is 1.48. The van der Waals surface area contributed by atoms with Gasteiger partial charge in [0.1, 0.15) is 0 Å². The molecule has 11 heteroatoms. The zero-order chi connectivity index (χ0) is 25.2. The number of ether oxygens (including phenoxy) is 3. The topological polar surface area (TPSA) is 127 Å². The molecule has 186 valence electrons. The Bertz CT molecular complexity index is 1080. The Kier molecular flexibility index (Phi) is 9.85. The van der Waals surface area contributed by atoms with Crippen LogP contribution in [0, 0.1) is 10.5 Å². The Hall–Kier alpha value is -3.19. The van der Waals surface area contributed by atoms with Crippen LogP contribution in [0.25, 0.3) is 0 Å². The highest BCUT2D eigenvalue weighted by Gasteiger charge is 2.19. The minimum Gasteiger partial charge on any atom is -0.493 e. The van der Waals surface area contributed by atoms with E-state index in [1.807, 2.05) is 31.2 Å². The van der Waals surface area contributed by atoms with Crippen molar-refractivity contribution in [2.24, 2.45) is 5.10 Å². The van der Waals surface area contributed by atoms with E-state index >= 15 is 0 Å². The molecule has 0 aromatic heterocycles. The summed E-state index contributed by atoms with van der Waals surface area (Å²) in [6.07, 6.45) is 3.13. The molecule has 0 radical (unpaired) electrons. The summed E-state index contributed by atoms with van der Waals surface area (Å²) in [5, 5.41) is 9.14. The normalized spacial score (nSPS) is 15.0. The van der Waals surface area contributed by atoms with Crippen LogP contribution in [0.4, 0.5) is 5.69 Å². The van der Waals surface area contributed by atoms with E-state index in [4.69, 9.17) is 14.2 Å². The second-order valence-electron chi connectivity index (χ2n) is 7.78. The van der Waals surface area contributed by atoms with Gasteiger partial charge in [0, 0.05) is 18.8 Å². The van der Waals surface area contributed by atoms with Crippen molar-refractivity contribution >= 4 is 52.2 Å². The lowest BCUT2D eigenvalue weighted by Crippen LogP contribution is -2.41. The summed E-state index contributed by atoms with van der Waals surface area (Å²) in [6.45, 7) is 2.72. The number of nitrogens with one attached hydrogen (secondary N) is 3. The number of carbonyl (C=O) groups excluding carboxylic acids is 3. The number of anilines is 1. The van der Waals surface area contributed by atoms with Gasteiger partial charge in [0.2, 0.25) is 0 Å². The zero-order valence-electron chi connectivity index (χ0n) is 19.4. The second kappa shape index (κ2) is 13.0.